The Bertz CT molecular complexity index is 1410. The summed E-state index contributed by atoms with van der Waals surface area (Å²) < 4.78 is 37.5. The van der Waals surface area contributed by atoms with E-state index < -0.39 is 17.5 Å². The number of benzene rings is 2. The molecule has 0 spiro atoms. The predicted octanol–water partition coefficient (Wildman–Crippen LogP) is 5.54. The first-order valence-corrected chi connectivity index (χ1v) is 12.0. The van der Waals surface area contributed by atoms with Crippen molar-refractivity contribution in [1.29, 1.82) is 5.26 Å². The summed E-state index contributed by atoms with van der Waals surface area (Å²) in [7, 11) is 0. The van der Waals surface area contributed by atoms with Crippen molar-refractivity contribution in [1.82, 2.24) is 21.0 Å². The Labute approximate surface area is 214 Å². The first-order valence-electron chi connectivity index (χ1n) is 12.1. The van der Waals surface area contributed by atoms with Crippen molar-refractivity contribution in [3.8, 4) is 6.07 Å². The summed E-state index contributed by atoms with van der Waals surface area (Å²) in [4.78, 5) is 4.33. The van der Waals surface area contributed by atoms with E-state index in [0.29, 0.717) is 44.6 Å². The quantitative estimate of drug-likeness (QED) is 0.316. The zero-order valence-electron chi connectivity index (χ0n) is 20.8. The van der Waals surface area contributed by atoms with Crippen LogP contribution in [0, 0.1) is 17.1 Å². The zero-order valence-corrected chi connectivity index (χ0v) is 20.5. The summed E-state index contributed by atoms with van der Waals surface area (Å²) in [6, 6.07) is 9.94. The summed E-state index contributed by atoms with van der Waals surface area (Å²) in [5.41, 5.74) is 7.15. The highest BCUT2D eigenvalue weighted by Crippen LogP contribution is 2.36. The average molecular weight is 511 g/mol. The lowest BCUT2D eigenvalue weighted by Gasteiger charge is -2.23. The fourth-order valence-corrected chi connectivity index (χ4v) is 4.23. The molecule has 1 fully saturated rings. The van der Waals surface area contributed by atoms with Crippen molar-refractivity contribution in [3.63, 3.8) is 0 Å². The summed E-state index contributed by atoms with van der Waals surface area (Å²) in [6.07, 6.45) is 5.32. The number of nitriles is 1. The van der Waals surface area contributed by atoms with E-state index in [2.05, 4.69) is 32.6 Å². The van der Waals surface area contributed by atoms with E-state index in [1.807, 2.05) is 11.2 Å². The maximum Gasteiger partial charge on any atom is 0.123 e. The minimum Gasteiger partial charge on any atom is -0.380 e. The molecule has 0 bridgehead atoms. The molecule has 3 aromatic rings. The minimum absolute atomic E-state index is 0.0342. The molecule has 1 atom stereocenters. The van der Waals surface area contributed by atoms with Gasteiger partial charge in [-0.05, 0) is 56.5 Å². The molecule has 5 rings (SSSR count). The molecule has 0 saturated heterocycles. The van der Waals surface area contributed by atoms with Crippen LogP contribution < -0.4 is 21.6 Å². The molecule has 2 aromatic carbocycles. The van der Waals surface area contributed by atoms with Crippen LogP contribution in [0.5, 0.6) is 0 Å². The van der Waals surface area contributed by atoms with Gasteiger partial charge in [0.1, 0.15) is 17.6 Å². The maximum atomic E-state index is 14.3. The largest absolute Gasteiger partial charge is 0.380 e. The first kappa shape index (κ1) is 22.8. The number of nitrogens with one attached hydrogen (secondary N) is 4. The summed E-state index contributed by atoms with van der Waals surface area (Å²) in [6.45, 7) is 2.84. The van der Waals surface area contributed by atoms with Crippen LogP contribution in [0.4, 0.5) is 20.2 Å². The van der Waals surface area contributed by atoms with Gasteiger partial charge in [-0.25, -0.2) is 8.78 Å². The molecule has 2 heterocycles. The standard InChI is InChI=1S/C26H26ClF2N7/c1-26(2,29)14-32-23-16(11-30)12-31-25-20(23)9-18(10-21(25)27)33-24(15-3-5-17(28)6-4-15)22-13-36(35-34-22)19-7-8-19/h3-6,9-10,12-13,19,24,33-35H,7-8,14H2,1-2H3,(H,31,32)/i24D. The lowest BCUT2D eigenvalue weighted by atomic mass is 10.0. The van der Waals surface area contributed by atoms with Crippen molar-refractivity contribution in [2.24, 2.45) is 0 Å². The zero-order chi connectivity index (χ0) is 26.4. The minimum atomic E-state index is -1.56. The number of aromatic nitrogens is 1. The number of rotatable bonds is 8. The Morgan fingerprint density at radius 1 is 1.33 bits per heavy atom. The van der Waals surface area contributed by atoms with Gasteiger partial charge in [-0.15, -0.1) is 5.53 Å². The van der Waals surface area contributed by atoms with Gasteiger partial charge in [0.25, 0.3) is 0 Å². The van der Waals surface area contributed by atoms with Gasteiger partial charge < -0.3 is 16.1 Å². The Morgan fingerprint density at radius 2 is 2.08 bits per heavy atom. The van der Waals surface area contributed by atoms with Crippen molar-refractivity contribution >= 4 is 33.9 Å². The van der Waals surface area contributed by atoms with Gasteiger partial charge in [0.15, 0.2) is 0 Å². The second-order valence-electron chi connectivity index (χ2n) is 9.51. The second-order valence-corrected chi connectivity index (χ2v) is 9.92. The number of fused-ring (bicyclic) bond motifs is 1. The SMILES string of the molecule is [2H]C(Nc1cc(Cl)c2ncc(C#N)c(NCC(C)(C)F)c2c1)(C1=CN(C2CC2)NN1)c1ccc(F)cc1. The number of hydrazine groups is 2. The number of alkyl halides is 1. The van der Waals surface area contributed by atoms with Crippen LogP contribution in [0.1, 0.15) is 45.2 Å². The highest BCUT2D eigenvalue weighted by Gasteiger charge is 2.32. The molecule has 36 heavy (non-hydrogen) atoms. The average Bonchev–Trinajstić information content (AvgIpc) is 3.58. The topological polar surface area (TPSA) is 88.0 Å². The third kappa shape index (κ3) is 5.15. The third-order valence-electron chi connectivity index (χ3n) is 5.93. The fraction of sp³-hybridized carbons (Fsp3) is 0.308. The fourth-order valence-electron chi connectivity index (χ4n) is 3.97. The van der Waals surface area contributed by atoms with E-state index in [1.54, 1.807) is 24.3 Å². The Morgan fingerprint density at radius 3 is 2.75 bits per heavy atom. The van der Waals surface area contributed by atoms with Crippen LogP contribution in [-0.4, -0.2) is 28.2 Å². The molecule has 1 aliphatic carbocycles. The molecule has 1 saturated carbocycles. The van der Waals surface area contributed by atoms with Gasteiger partial charge in [0, 0.05) is 36.1 Å². The Kier molecular flexibility index (Phi) is 5.99. The summed E-state index contributed by atoms with van der Waals surface area (Å²) >= 11 is 6.60. The van der Waals surface area contributed by atoms with Crippen LogP contribution in [0.25, 0.3) is 10.9 Å². The van der Waals surface area contributed by atoms with Crippen molar-refractivity contribution in [2.45, 2.75) is 44.4 Å². The Balaban J connectivity index is 1.60. The second kappa shape index (κ2) is 9.45. The van der Waals surface area contributed by atoms with Crippen molar-refractivity contribution < 1.29 is 10.2 Å². The lowest BCUT2D eigenvalue weighted by molar-refractivity contribution is 0.235. The highest BCUT2D eigenvalue weighted by molar-refractivity contribution is 6.35. The maximum absolute atomic E-state index is 14.3. The lowest BCUT2D eigenvalue weighted by Crippen LogP contribution is -2.38. The number of halogens is 3. The molecule has 1 aromatic heterocycles. The van der Waals surface area contributed by atoms with Gasteiger partial charge in [0.2, 0.25) is 0 Å². The molecule has 0 amide bonds. The molecule has 1 unspecified atom stereocenters. The Hall–Kier alpha value is -3.61. The number of hydrogen-bond donors (Lipinski definition) is 4. The van der Waals surface area contributed by atoms with Crippen LogP contribution >= 0.6 is 11.6 Å². The van der Waals surface area contributed by atoms with Crippen molar-refractivity contribution in [3.05, 3.63) is 76.5 Å². The number of nitrogens with zero attached hydrogens (tertiary/aromatic N) is 3. The predicted molar refractivity (Wildman–Crippen MR) is 137 cm³/mol. The summed E-state index contributed by atoms with van der Waals surface area (Å²) in [5.74, 6) is -0.410. The van der Waals surface area contributed by atoms with Gasteiger partial charge in [0.05, 0.1) is 34.9 Å². The van der Waals surface area contributed by atoms with Crippen LogP contribution in [0.15, 0.2) is 54.5 Å². The van der Waals surface area contributed by atoms with E-state index in [0.717, 1.165) is 12.8 Å². The van der Waals surface area contributed by atoms with Crippen LogP contribution in [0.2, 0.25) is 5.02 Å². The van der Waals surface area contributed by atoms with Gasteiger partial charge in [-0.3, -0.25) is 9.99 Å². The van der Waals surface area contributed by atoms with E-state index in [1.165, 1.54) is 32.2 Å². The third-order valence-corrected chi connectivity index (χ3v) is 6.22. The molecular formula is C26H26ClF2N7. The number of hydrogen-bond acceptors (Lipinski definition) is 7. The smallest absolute Gasteiger partial charge is 0.123 e. The monoisotopic (exact) mass is 510 g/mol. The molecule has 4 N–H and O–H groups in total. The molecule has 0 radical (unpaired) electrons. The number of anilines is 2. The van der Waals surface area contributed by atoms with E-state index in [4.69, 9.17) is 11.6 Å². The van der Waals surface area contributed by atoms with Crippen LogP contribution in [-0.2, 0) is 0 Å². The normalized spacial score (nSPS) is 17.6. The van der Waals surface area contributed by atoms with Crippen molar-refractivity contribution in [2.75, 3.05) is 17.2 Å². The number of pyridine rings is 1. The van der Waals surface area contributed by atoms with E-state index in [9.17, 15) is 15.4 Å². The van der Waals surface area contributed by atoms with Gasteiger partial charge in [-0.2, -0.15) is 5.26 Å². The first-order chi connectivity index (χ1) is 17.6. The van der Waals surface area contributed by atoms with Crippen LogP contribution in [0.3, 0.4) is 0 Å². The molecule has 7 nitrogen and oxygen atoms in total. The molecule has 186 valence electrons. The molecule has 10 heteroatoms. The summed E-state index contributed by atoms with van der Waals surface area (Å²) in [5, 5.41) is 18.6. The molecule has 1 aliphatic heterocycles. The molecule has 2 aliphatic rings. The van der Waals surface area contributed by atoms with E-state index in [-0.39, 0.29) is 12.1 Å². The van der Waals surface area contributed by atoms with E-state index >= 15 is 0 Å². The van der Waals surface area contributed by atoms with Gasteiger partial charge >= 0.3 is 0 Å². The van der Waals surface area contributed by atoms with Gasteiger partial charge in [-0.1, -0.05) is 23.7 Å². The molecular weight excluding hydrogens is 484 g/mol. The highest BCUT2D eigenvalue weighted by atomic mass is 35.5.